The van der Waals surface area contributed by atoms with Gasteiger partial charge in [0.05, 0.1) is 6.61 Å². The van der Waals surface area contributed by atoms with Crippen molar-refractivity contribution in [2.45, 2.75) is 44.6 Å². The first-order chi connectivity index (χ1) is 9.81. The van der Waals surface area contributed by atoms with Crippen LogP contribution in [0.5, 0.6) is 0 Å². The Hall–Kier alpha value is -0.160. The van der Waals surface area contributed by atoms with Gasteiger partial charge in [0, 0.05) is 46.5 Å². The number of hydrogen-bond acceptors (Lipinski definition) is 4. The smallest absolute Gasteiger partial charge is 0.0589 e. The number of nitrogens with one attached hydrogen (secondary N) is 1. The van der Waals surface area contributed by atoms with Crippen molar-refractivity contribution in [3.8, 4) is 0 Å². The summed E-state index contributed by atoms with van der Waals surface area (Å²) in [6.07, 6.45) is 8.12. The van der Waals surface area contributed by atoms with Crippen LogP contribution >= 0.6 is 0 Å². The van der Waals surface area contributed by atoms with E-state index in [2.05, 4.69) is 17.3 Å². The van der Waals surface area contributed by atoms with E-state index in [4.69, 9.17) is 9.47 Å². The van der Waals surface area contributed by atoms with Crippen molar-refractivity contribution in [2.24, 2.45) is 5.92 Å². The first-order valence-electron chi connectivity index (χ1n) is 8.19. The van der Waals surface area contributed by atoms with Crippen LogP contribution in [0.15, 0.2) is 0 Å². The van der Waals surface area contributed by atoms with Gasteiger partial charge in [0.1, 0.15) is 0 Å². The van der Waals surface area contributed by atoms with Crippen LogP contribution in [-0.4, -0.2) is 65.1 Å². The Bertz CT molecular complexity index is 221. The molecule has 0 radical (unpaired) electrons. The molecular weight excluding hydrogens is 252 g/mol. The monoisotopic (exact) mass is 286 g/mol. The number of likely N-dealkylation sites (N-methyl/N-ethyl adjacent to an activating group) is 1. The van der Waals surface area contributed by atoms with Gasteiger partial charge >= 0.3 is 0 Å². The fourth-order valence-corrected chi connectivity index (χ4v) is 3.24. The maximum atomic E-state index is 5.25. The Balaban J connectivity index is 2.41. The molecule has 1 saturated carbocycles. The zero-order valence-corrected chi connectivity index (χ0v) is 13.7. The summed E-state index contributed by atoms with van der Waals surface area (Å²) in [7, 11) is 5.67. The standard InChI is InChI=1S/C16H34N2O2/c1-17-16(15-8-5-4-6-9-15)14-18(11-13-20-3)10-7-12-19-2/h15-17H,4-14H2,1-3H3. The van der Waals surface area contributed by atoms with Gasteiger partial charge < -0.3 is 14.8 Å². The molecule has 0 aromatic carbocycles. The van der Waals surface area contributed by atoms with E-state index in [0.717, 1.165) is 45.2 Å². The summed E-state index contributed by atoms with van der Waals surface area (Å²) in [5, 5.41) is 3.56. The van der Waals surface area contributed by atoms with Crippen LogP contribution < -0.4 is 5.32 Å². The number of ether oxygens (including phenoxy) is 2. The summed E-state index contributed by atoms with van der Waals surface area (Å²) in [6, 6.07) is 0.620. The van der Waals surface area contributed by atoms with Gasteiger partial charge in [-0.05, 0) is 32.2 Å². The molecule has 0 spiro atoms. The van der Waals surface area contributed by atoms with Gasteiger partial charge in [-0.2, -0.15) is 0 Å². The Morgan fingerprint density at radius 1 is 1.05 bits per heavy atom. The average Bonchev–Trinajstić information content (AvgIpc) is 2.50. The number of hydrogen-bond donors (Lipinski definition) is 1. The molecule has 1 N–H and O–H groups in total. The third kappa shape index (κ3) is 7.02. The van der Waals surface area contributed by atoms with E-state index in [1.165, 1.54) is 32.1 Å². The van der Waals surface area contributed by atoms with E-state index < -0.39 is 0 Å². The summed E-state index contributed by atoms with van der Waals surface area (Å²) in [6.45, 7) is 4.91. The van der Waals surface area contributed by atoms with E-state index in [1.807, 2.05) is 0 Å². The van der Waals surface area contributed by atoms with Crippen molar-refractivity contribution in [3.05, 3.63) is 0 Å². The van der Waals surface area contributed by atoms with Gasteiger partial charge in [-0.3, -0.25) is 4.90 Å². The van der Waals surface area contributed by atoms with Gasteiger partial charge in [-0.25, -0.2) is 0 Å². The maximum Gasteiger partial charge on any atom is 0.0589 e. The minimum atomic E-state index is 0.620. The summed E-state index contributed by atoms with van der Waals surface area (Å²) in [4.78, 5) is 2.53. The lowest BCUT2D eigenvalue weighted by Crippen LogP contribution is -2.46. The minimum absolute atomic E-state index is 0.620. The Morgan fingerprint density at radius 2 is 1.75 bits per heavy atom. The molecule has 0 aliphatic heterocycles. The van der Waals surface area contributed by atoms with E-state index in [-0.39, 0.29) is 0 Å². The van der Waals surface area contributed by atoms with E-state index in [0.29, 0.717) is 6.04 Å². The molecule has 0 heterocycles. The highest BCUT2D eigenvalue weighted by Crippen LogP contribution is 2.26. The molecule has 0 aromatic rings. The molecule has 1 aliphatic carbocycles. The highest BCUT2D eigenvalue weighted by atomic mass is 16.5. The molecule has 1 atom stereocenters. The number of nitrogens with zero attached hydrogens (tertiary/aromatic N) is 1. The molecule has 120 valence electrons. The van der Waals surface area contributed by atoms with E-state index in [1.54, 1.807) is 14.2 Å². The number of rotatable bonds is 11. The van der Waals surface area contributed by atoms with E-state index >= 15 is 0 Å². The fourth-order valence-electron chi connectivity index (χ4n) is 3.24. The summed E-state index contributed by atoms with van der Waals surface area (Å²) >= 11 is 0. The molecule has 20 heavy (non-hydrogen) atoms. The molecule has 1 unspecified atom stereocenters. The molecular formula is C16H34N2O2. The molecule has 1 fully saturated rings. The second-order valence-electron chi connectivity index (χ2n) is 5.93. The highest BCUT2D eigenvalue weighted by molar-refractivity contribution is 4.81. The van der Waals surface area contributed by atoms with Crippen LogP contribution in [0.2, 0.25) is 0 Å². The lowest BCUT2D eigenvalue weighted by atomic mass is 9.83. The Kier molecular flexibility index (Phi) is 10.3. The van der Waals surface area contributed by atoms with Crippen LogP contribution in [0.25, 0.3) is 0 Å². The molecule has 0 saturated heterocycles. The van der Waals surface area contributed by atoms with Crippen molar-refractivity contribution in [1.29, 1.82) is 0 Å². The van der Waals surface area contributed by atoms with Gasteiger partial charge in [0.25, 0.3) is 0 Å². The Labute approximate surface area is 125 Å². The topological polar surface area (TPSA) is 33.7 Å². The van der Waals surface area contributed by atoms with Crippen LogP contribution in [0.1, 0.15) is 38.5 Å². The van der Waals surface area contributed by atoms with Crippen molar-refractivity contribution in [3.63, 3.8) is 0 Å². The minimum Gasteiger partial charge on any atom is -0.385 e. The SMILES string of the molecule is CNC(CN(CCCOC)CCOC)C1CCCCC1. The molecule has 0 aromatic heterocycles. The molecule has 1 rings (SSSR count). The van der Waals surface area contributed by atoms with Gasteiger partial charge in [-0.1, -0.05) is 19.3 Å². The van der Waals surface area contributed by atoms with Gasteiger partial charge in [0.15, 0.2) is 0 Å². The lowest BCUT2D eigenvalue weighted by Gasteiger charge is -2.34. The summed E-state index contributed by atoms with van der Waals surface area (Å²) in [5.74, 6) is 0.848. The zero-order valence-electron chi connectivity index (χ0n) is 13.7. The predicted octanol–water partition coefficient (Wildman–Crippen LogP) is 2.14. The van der Waals surface area contributed by atoms with Gasteiger partial charge in [-0.15, -0.1) is 0 Å². The first kappa shape index (κ1) is 17.9. The molecule has 4 heteroatoms. The maximum absolute atomic E-state index is 5.25. The normalized spacial score (nSPS) is 18.6. The van der Waals surface area contributed by atoms with Crippen molar-refractivity contribution < 1.29 is 9.47 Å². The third-order valence-corrected chi connectivity index (χ3v) is 4.48. The quantitative estimate of drug-likeness (QED) is 0.590. The zero-order chi connectivity index (χ0) is 14.6. The number of methoxy groups -OCH3 is 2. The third-order valence-electron chi connectivity index (χ3n) is 4.48. The molecule has 1 aliphatic rings. The molecule has 0 amide bonds. The fraction of sp³-hybridized carbons (Fsp3) is 1.00. The predicted molar refractivity (Wildman–Crippen MR) is 84.2 cm³/mol. The van der Waals surface area contributed by atoms with Crippen LogP contribution in [0.3, 0.4) is 0 Å². The van der Waals surface area contributed by atoms with E-state index in [9.17, 15) is 0 Å². The van der Waals surface area contributed by atoms with Crippen molar-refractivity contribution >= 4 is 0 Å². The van der Waals surface area contributed by atoms with Crippen LogP contribution in [-0.2, 0) is 9.47 Å². The average molecular weight is 286 g/mol. The first-order valence-corrected chi connectivity index (χ1v) is 8.19. The van der Waals surface area contributed by atoms with Gasteiger partial charge in [0.2, 0.25) is 0 Å². The van der Waals surface area contributed by atoms with Crippen LogP contribution in [0, 0.1) is 5.92 Å². The van der Waals surface area contributed by atoms with Crippen molar-refractivity contribution in [2.75, 3.05) is 54.1 Å². The lowest BCUT2D eigenvalue weighted by molar-refractivity contribution is 0.116. The Morgan fingerprint density at radius 3 is 2.35 bits per heavy atom. The van der Waals surface area contributed by atoms with Crippen LogP contribution in [0.4, 0.5) is 0 Å². The summed E-state index contributed by atoms with van der Waals surface area (Å²) in [5.41, 5.74) is 0. The second kappa shape index (κ2) is 11.5. The second-order valence-corrected chi connectivity index (χ2v) is 5.93. The highest BCUT2D eigenvalue weighted by Gasteiger charge is 2.24. The molecule has 0 bridgehead atoms. The van der Waals surface area contributed by atoms with Crippen molar-refractivity contribution in [1.82, 2.24) is 10.2 Å². The largest absolute Gasteiger partial charge is 0.385 e. The summed E-state index contributed by atoms with van der Waals surface area (Å²) < 4.78 is 10.4. The molecule has 4 nitrogen and oxygen atoms in total.